The summed E-state index contributed by atoms with van der Waals surface area (Å²) >= 11 is 1.27. The molecule has 0 aliphatic carbocycles. The van der Waals surface area contributed by atoms with Gasteiger partial charge in [-0.05, 0) is 37.6 Å². The van der Waals surface area contributed by atoms with Gasteiger partial charge in [-0.3, -0.25) is 14.6 Å². The third-order valence-electron chi connectivity index (χ3n) is 4.32. The number of hydrogen-bond acceptors (Lipinski definition) is 6. The van der Waals surface area contributed by atoms with Crippen molar-refractivity contribution in [2.75, 3.05) is 6.61 Å². The third-order valence-corrected chi connectivity index (χ3v) is 5.45. The fraction of sp³-hybridized carbons (Fsp3) is 0.238. The lowest BCUT2D eigenvalue weighted by atomic mass is 10.0. The van der Waals surface area contributed by atoms with Gasteiger partial charge in [0.15, 0.2) is 6.61 Å². The average Bonchev–Trinajstić information content (AvgIpc) is 3.13. The summed E-state index contributed by atoms with van der Waals surface area (Å²) in [5.74, 6) is -0.974. The lowest BCUT2D eigenvalue weighted by Crippen LogP contribution is -2.18. The van der Waals surface area contributed by atoms with Crippen LogP contribution in [0.2, 0.25) is 0 Å². The fourth-order valence-electron chi connectivity index (χ4n) is 2.94. The summed E-state index contributed by atoms with van der Waals surface area (Å²) in [5, 5.41) is 3.56. The molecule has 2 aromatic heterocycles. The minimum absolute atomic E-state index is 0.134. The number of hydrogen-bond donors (Lipinski definition) is 1. The highest BCUT2D eigenvalue weighted by Crippen LogP contribution is 2.23. The third kappa shape index (κ3) is 4.26. The number of amides is 1. The number of rotatable bonds is 6. The Balaban J connectivity index is 1.70. The molecule has 0 bridgehead atoms. The lowest BCUT2D eigenvalue weighted by Gasteiger charge is -2.11. The zero-order valence-corrected chi connectivity index (χ0v) is 16.7. The molecule has 0 radical (unpaired) electrons. The van der Waals surface area contributed by atoms with E-state index in [2.05, 4.69) is 10.3 Å². The summed E-state index contributed by atoms with van der Waals surface area (Å²) in [6, 6.07) is 11.0. The number of aromatic nitrogens is 1. The first-order chi connectivity index (χ1) is 13.4. The van der Waals surface area contributed by atoms with Crippen molar-refractivity contribution in [3.05, 3.63) is 63.0 Å². The number of aryl methyl sites for hydroxylation is 2. The molecule has 0 atom stereocenters. The van der Waals surface area contributed by atoms with Crippen LogP contribution in [-0.4, -0.2) is 29.3 Å². The van der Waals surface area contributed by atoms with Crippen molar-refractivity contribution in [2.45, 2.75) is 27.3 Å². The predicted octanol–water partition coefficient (Wildman–Crippen LogP) is 3.59. The number of esters is 1. The first-order valence-corrected chi connectivity index (χ1v) is 9.58. The van der Waals surface area contributed by atoms with Gasteiger partial charge in [-0.15, -0.1) is 11.3 Å². The van der Waals surface area contributed by atoms with Crippen molar-refractivity contribution in [3.8, 4) is 0 Å². The number of nitrogens with zero attached hydrogens (tertiary/aromatic N) is 1. The second-order valence-electron chi connectivity index (χ2n) is 6.39. The molecule has 1 amide bonds. The van der Waals surface area contributed by atoms with Crippen molar-refractivity contribution >= 4 is 39.9 Å². The first-order valence-electron chi connectivity index (χ1n) is 8.76. The van der Waals surface area contributed by atoms with E-state index in [1.54, 1.807) is 19.1 Å². The molecular weight excluding hydrogens is 376 g/mol. The van der Waals surface area contributed by atoms with Crippen molar-refractivity contribution in [3.63, 3.8) is 0 Å². The molecule has 0 aliphatic rings. The van der Waals surface area contributed by atoms with Crippen molar-refractivity contribution in [2.24, 2.45) is 0 Å². The van der Waals surface area contributed by atoms with E-state index in [4.69, 9.17) is 4.74 Å². The van der Waals surface area contributed by atoms with E-state index in [0.717, 1.165) is 21.3 Å². The van der Waals surface area contributed by atoms with Crippen LogP contribution in [0.5, 0.6) is 0 Å². The standard InChI is InChI=1S/C21H20N2O4S/c1-12-16-6-4-5-7-17(16)23-13(2)20(12)21(26)27-11-18(25)19-9-8-15(28-19)10-22-14(3)24/h4-9H,10-11H2,1-3H3,(H,22,24). The van der Waals surface area contributed by atoms with Crippen LogP contribution in [0.1, 0.15) is 43.1 Å². The van der Waals surface area contributed by atoms with Crippen LogP contribution < -0.4 is 5.32 Å². The highest BCUT2D eigenvalue weighted by molar-refractivity contribution is 7.14. The van der Waals surface area contributed by atoms with E-state index in [-0.39, 0.29) is 18.3 Å². The molecule has 3 aromatic rings. The van der Waals surface area contributed by atoms with Crippen LogP contribution in [0.15, 0.2) is 36.4 Å². The SMILES string of the molecule is CC(=O)NCc1ccc(C(=O)COC(=O)c2c(C)nc3ccccc3c2C)s1. The van der Waals surface area contributed by atoms with Crippen molar-refractivity contribution in [1.29, 1.82) is 0 Å². The van der Waals surface area contributed by atoms with Crippen molar-refractivity contribution < 1.29 is 19.1 Å². The van der Waals surface area contributed by atoms with Gasteiger partial charge in [-0.1, -0.05) is 18.2 Å². The minimum Gasteiger partial charge on any atom is -0.454 e. The number of ether oxygens (including phenoxy) is 1. The zero-order valence-electron chi connectivity index (χ0n) is 15.9. The van der Waals surface area contributed by atoms with Crippen molar-refractivity contribution in [1.82, 2.24) is 10.3 Å². The van der Waals surface area contributed by atoms with E-state index in [1.807, 2.05) is 31.2 Å². The Morgan fingerprint density at radius 3 is 2.61 bits per heavy atom. The lowest BCUT2D eigenvalue weighted by molar-refractivity contribution is -0.119. The highest BCUT2D eigenvalue weighted by atomic mass is 32.1. The maximum Gasteiger partial charge on any atom is 0.340 e. The van der Waals surface area contributed by atoms with Crippen LogP contribution in [0.3, 0.4) is 0 Å². The Bertz CT molecular complexity index is 1070. The highest BCUT2D eigenvalue weighted by Gasteiger charge is 2.19. The summed E-state index contributed by atoms with van der Waals surface area (Å²) in [7, 11) is 0. The van der Waals surface area contributed by atoms with E-state index >= 15 is 0 Å². The van der Waals surface area contributed by atoms with E-state index in [0.29, 0.717) is 22.7 Å². The normalized spacial score (nSPS) is 10.7. The van der Waals surface area contributed by atoms with E-state index in [1.165, 1.54) is 18.3 Å². The van der Waals surface area contributed by atoms with Gasteiger partial charge in [0.25, 0.3) is 0 Å². The largest absolute Gasteiger partial charge is 0.454 e. The van der Waals surface area contributed by atoms with Crippen LogP contribution in [0.4, 0.5) is 0 Å². The average molecular weight is 396 g/mol. The zero-order chi connectivity index (χ0) is 20.3. The Morgan fingerprint density at radius 1 is 1.11 bits per heavy atom. The van der Waals surface area contributed by atoms with Gasteiger partial charge in [0, 0.05) is 17.2 Å². The summed E-state index contributed by atoms with van der Waals surface area (Å²) in [6.45, 7) is 5.07. The molecule has 7 heteroatoms. The number of ketones is 1. The van der Waals surface area contributed by atoms with Crippen LogP contribution in [0.25, 0.3) is 10.9 Å². The maximum atomic E-state index is 12.6. The molecular formula is C21H20N2O4S. The van der Waals surface area contributed by atoms with E-state index < -0.39 is 5.97 Å². The molecule has 0 saturated heterocycles. The number of para-hydroxylation sites is 1. The van der Waals surface area contributed by atoms with Gasteiger partial charge < -0.3 is 10.1 Å². The molecule has 0 fully saturated rings. The molecule has 2 heterocycles. The second-order valence-corrected chi connectivity index (χ2v) is 7.56. The van der Waals surface area contributed by atoms with Crippen LogP contribution >= 0.6 is 11.3 Å². The number of Topliss-reactive ketones (excluding diaryl/α,β-unsaturated/α-hetero) is 1. The number of benzene rings is 1. The number of pyridine rings is 1. The predicted molar refractivity (Wildman–Crippen MR) is 108 cm³/mol. The quantitative estimate of drug-likeness (QED) is 0.508. The number of carbonyl (C=O) groups excluding carboxylic acids is 3. The molecule has 0 saturated carbocycles. The summed E-state index contributed by atoms with van der Waals surface area (Å²) in [5.41, 5.74) is 2.57. The molecule has 0 aliphatic heterocycles. The molecule has 6 nitrogen and oxygen atoms in total. The van der Waals surface area contributed by atoms with Crippen LogP contribution in [-0.2, 0) is 16.1 Å². The maximum absolute atomic E-state index is 12.6. The molecule has 0 spiro atoms. The number of thiophene rings is 1. The number of fused-ring (bicyclic) bond motifs is 1. The van der Waals surface area contributed by atoms with Gasteiger partial charge in [0.1, 0.15) is 0 Å². The molecule has 28 heavy (non-hydrogen) atoms. The second kappa shape index (κ2) is 8.31. The van der Waals surface area contributed by atoms with Crippen LogP contribution in [0, 0.1) is 13.8 Å². The Kier molecular flexibility index (Phi) is 5.84. The summed E-state index contributed by atoms with van der Waals surface area (Å²) in [4.78, 5) is 41.7. The topological polar surface area (TPSA) is 85.4 Å². The first kappa shape index (κ1) is 19.7. The molecule has 1 aromatic carbocycles. The van der Waals surface area contributed by atoms with Gasteiger partial charge in [-0.25, -0.2) is 4.79 Å². The molecule has 144 valence electrons. The van der Waals surface area contributed by atoms with Gasteiger partial charge in [0.2, 0.25) is 11.7 Å². The molecule has 1 N–H and O–H groups in total. The fourth-order valence-corrected chi connectivity index (χ4v) is 3.81. The Hall–Kier alpha value is -3.06. The molecule has 3 rings (SSSR count). The summed E-state index contributed by atoms with van der Waals surface area (Å²) < 4.78 is 5.27. The molecule has 0 unspecified atom stereocenters. The minimum atomic E-state index is -0.559. The monoisotopic (exact) mass is 396 g/mol. The Morgan fingerprint density at radius 2 is 1.86 bits per heavy atom. The van der Waals surface area contributed by atoms with Gasteiger partial charge in [0.05, 0.1) is 28.2 Å². The van der Waals surface area contributed by atoms with E-state index in [9.17, 15) is 14.4 Å². The van der Waals surface area contributed by atoms with Gasteiger partial charge >= 0.3 is 5.97 Å². The smallest absolute Gasteiger partial charge is 0.340 e. The van der Waals surface area contributed by atoms with Gasteiger partial charge in [-0.2, -0.15) is 0 Å². The number of nitrogens with one attached hydrogen (secondary N) is 1. The number of carbonyl (C=O) groups is 3. The Labute approximate surface area is 166 Å². The summed E-state index contributed by atoms with van der Waals surface area (Å²) in [6.07, 6.45) is 0.